The molecule has 1 atom stereocenters. The van der Waals surface area contributed by atoms with Crippen molar-refractivity contribution in [1.82, 2.24) is 9.80 Å². The minimum Gasteiger partial charge on any atom is -0.481 e. The van der Waals surface area contributed by atoms with Gasteiger partial charge in [0.2, 0.25) is 0 Å². The number of anilines is 1. The van der Waals surface area contributed by atoms with Crippen molar-refractivity contribution in [2.24, 2.45) is 5.41 Å². The van der Waals surface area contributed by atoms with E-state index in [1.807, 2.05) is 0 Å². The Morgan fingerprint density at radius 1 is 1.08 bits per heavy atom. The van der Waals surface area contributed by atoms with Crippen molar-refractivity contribution in [3.63, 3.8) is 0 Å². The lowest BCUT2D eigenvalue weighted by Gasteiger charge is -2.22. The first-order valence-electron chi connectivity index (χ1n) is 8.58. The van der Waals surface area contributed by atoms with Crippen molar-refractivity contribution < 1.29 is 19.5 Å². The Kier molecular flexibility index (Phi) is 4.65. The number of amides is 3. The number of benzene rings is 1. The third-order valence-electron chi connectivity index (χ3n) is 5.07. The largest absolute Gasteiger partial charge is 0.481 e. The van der Waals surface area contributed by atoms with Crippen LogP contribution in [0.25, 0.3) is 0 Å². The summed E-state index contributed by atoms with van der Waals surface area (Å²) in [7, 11) is 0. The summed E-state index contributed by atoms with van der Waals surface area (Å²) in [6, 6.07) is 6.58. The number of aliphatic carboxylic acids is 1. The maximum Gasteiger partial charge on any atom is 0.321 e. The van der Waals surface area contributed by atoms with Crippen molar-refractivity contribution in [2.75, 3.05) is 31.5 Å². The second-order valence-corrected chi connectivity index (χ2v) is 7.01. The highest BCUT2D eigenvalue weighted by molar-refractivity contribution is 6.03. The molecule has 3 amide bonds. The van der Waals surface area contributed by atoms with Crippen molar-refractivity contribution in [1.29, 1.82) is 0 Å². The summed E-state index contributed by atoms with van der Waals surface area (Å²) in [6.45, 7) is 3.68. The average Bonchev–Trinajstić information content (AvgIpc) is 3.25. The summed E-state index contributed by atoms with van der Waals surface area (Å²) in [5.74, 6) is -0.974. The number of likely N-dealkylation sites (tertiary alicyclic amines) is 2. The van der Waals surface area contributed by atoms with E-state index in [2.05, 4.69) is 5.32 Å². The molecule has 25 heavy (non-hydrogen) atoms. The lowest BCUT2D eigenvalue weighted by Crippen LogP contribution is -2.37. The SMILES string of the molecule is CC1(C(=O)O)CCN(C(=O)Nc2ccccc2C(=O)N2CCCC2)C1. The molecule has 0 radical (unpaired) electrons. The van der Waals surface area contributed by atoms with Crippen LogP contribution in [0.15, 0.2) is 24.3 Å². The highest BCUT2D eigenvalue weighted by Gasteiger charge is 2.42. The van der Waals surface area contributed by atoms with Crippen LogP contribution in [0, 0.1) is 5.41 Å². The Balaban J connectivity index is 1.72. The smallest absolute Gasteiger partial charge is 0.321 e. The molecule has 2 fully saturated rings. The van der Waals surface area contributed by atoms with Crippen LogP contribution in [0.5, 0.6) is 0 Å². The monoisotopic (exact) mass is 345 g/mol. The van der Waals surface area contributed by atoms with Gasteiger partial charge >= 0.3 is 12.0 Å². The fourth-order valence-electron chi connectivity index (χ4n) is 3.37. The topological polar surface area (TPSA) is 90.0 Å². The Hall–Kier alpha value is -2.57. The molecule has 0 aromatic heterocycles. The van der Waals surface area contributed by atoms with E-state index < -0.39 is 11.4 Å². The van der Waals surface area contributed by atoms with Gasteiger partial charge in [-0.2, -0.15) is 0 Å². The predicted octanol–water partition coefficient (Wildman–Crippen LogP) is 2.25. The molecule has 0 spiro atoms. The number of nitrogens with one attached hydrogen (secondary N) is 1. The fourth-order valence-corrected chi connectivity index (χ4v) is 3.37. The standard InChI is InChI=1S/C18H23N3O4/c1-18(16(23)24)8-11-21(12-18)17(25)19-14-7-3-2-6-13(14)15(22)20-9-4-5-10-20/h2-3,6-7H,4-5,8-12H2,1H3,(H,19,25)(H,23,24). The van der Waals surface area contributed by atoms with Gasteiger partial charge in [-0.15, -0.1) is 0 Å². The Labute approximate surface area is 146 Å². The van der Waals surface area contributed by atoms with E-state index in [1.165, 1.54) is 4.90 Å². The Morgan fingerprint density at radius 3 is 2.40 bits per heavy atom. The molecular weight excluding hydrogens is 322 g/mol. The molecule has 3 rings (SSSR count). The summed E-state index contributed by atoms with van der Waals surface area (Å²) < 4.78 is 0. The van der Waals surface area contributed by atoms with Gasteiger partial charge in [-0.1, -0.05) is 12.1 Å². The van der Waals surface area contributed by atoms with Crippen molar-refractivity contribution in [3.8, 4) is 0 Å². The predicted molar refractivity (Wildman–Crippen MR) is 92.5 cm³/mol. The summed E-state index contributed by atoms with van der Waals surface area (Å²) >= 11 is 0. The molecule has 7 heteroatoms. The molecule has 1 aromatic rings. The van der Waals surface area contributed by atoms with Crippen LogP contribution in [-0.2, 0) is 4.79 Å². The van der Waals surface area contributed by atoms with Crippen LogP contribution in [0.2, 0.25) is 0 Å². The third-order valence-corrected chi connectivity index (χ3v) is 5.07. The van der Waals surface area contributed by atoms with E-state index in [1.54, 1.807) is 36.1 Å². The lowest BCUT2D eigenvalue weighted by atomic mass is 9.90. The van der Waals surface area contributed by atoms with Gasteiger partial charge in [0.05, 0.1) is 16.7 Å². The highest BCUT2D eigenvalue weighted by atomic mass is 16.4. The molecule has 2 saturated heterocycles. The van der Waals surface area contributed by atoms with E-state index in [0.717, 1.165) is 25.9 Å². The molecular formula is C18H23N3O4. The van der Waals surface area contributed by atoms with Crippen LogP contribution in [0.4, 0.5) is 10.5 Å². The zero-order valence-electron chi connectivity index (χ0n) is 14.3. The van der Waals surface area contributed by atoms with E-state index in [-0.39, 0.29) is 18.5 Å². The molecule has 1 aromatic carbocycles. The summed E-state index contributed by atoms with van der Waals surface area (Å²) in [6.07, 6.45) is 2.42. The van der Waals surface area contributed by atoms with Crippen LogP contribution in [-0.4, -0.2) is 59.0 Å². The van der Waals surface area contributed by atoms with Gasteiger partial charge in [-0.25, -0.2) is 4.79 Å². The van der Waals surface area contributed by atoms with Gasteiger partial charge in [0.15, 0.2) is 0 Å². The van der Waals surface area contributed by atoms with Gasteiger partial charge < -0.3 is 20.2 Å². The van der Waals surface area contributed by atoms with Gasteiger partial charge in [-0.05, 0) is 38.3 Å². The second-order valence-electron chi connectivity index (χ2n) is 7.01. The molecule has 0 saturated carbocycles. The zero-order chi connectivity index (χ0) is 18.0. The number of hydrogen-bond donors (Lipinski definition) is 2. The van der Waals surface area contributed by atoms with Crippen LogP contribution < -0.4 is 5.32 Å². The first-order valence-corrected chi connectivity index (χ1v) is 8.58. The van der Waals surface area contributed by atoms with Gasteiger partial charge in [-0.3, -0.25) is 9.59 Å². The minimum absolute atomic E-state index is 0.0785. The van der Waals surface area contributed by atoms with Gasteiger partial charge in [0.25, 0.3) is 5.91 Å². The van der Waals surface area contributed by atoms with Crippen molar-refractivity contribution in [3.05, 3.63) is 29.8 Å². The summed E-state index contributed by atoms with van der Waals surface area (Å²) in [4.78, 5) is 39.8. The van der Waals surface area contributed by atoms with Crippen LogP contribution in [0.1, 0.15) is 36.5 Å². The number of carboxylic acid groups (broad SMARTS) is 1. The number of urea groups is 1. The zero-order valence-corrected chi connectivity index (χ0v) is 14.3. The first-order chi connectivity index (χ1) is 11.9. The second kappa shape index (κ2) is 6.74. The maximum absolute atomic E-state index is 12.6. The number of hydrogen-bond acceptors (Lipinski definition) is 3. The molecule has 0 aliphatic carbocycles. The molecule has 2 aliphatic heterocycles. The minimum atomic E-state index is -0.914. The molecule has 2 heterocycles. The third kappa shape index (κ3) is 3.45. The molecule has 2 aliphatic rings. The summed E-state index contributed by atoms with van der Waals surface area (Å²) in [5, 5.41) is 12.1. The van der Waals surface area contributed by atoms with Crippen molar-refractivity contribution >= 4 is 23.6 Å². The molecule has 0 bridgehead atoms. The quantitative estimate of drug-likeness (QED) is 0.879. The molecule has 7 nitrogen and oxygen atoms in total. The molecule has 1 unspecified atom stereocenters. The van der Waals surface area contributed by atoms with E-state index in [0.29, 0.717) is 24.2 Å². The average molecular weight is 345 g/mol. The fraction of sp³-hybridized carbons (Fsp3) is 0.500. The summed E-state index contributed by atoms with van der Waals surface area (Å²) in [5.41, 5.74) is 0.0219. The number of rotatable bonds is 3. The number of carbonyl (C=O) groups is 3. The maximum atomic E-state index is 12.6. The Morgan fingerprint density at radius 2 is 1.76 bits per heavy atom. The number of para-hydroxylation sites is 1. The normalized spacial score (nSPS) is 22.9. The number of carboxylic acids is 1. The van der Waals surface area contributed by atoms with Gasteiger partial charge in [0.1, 0.15) is 0 Å². The molecule has 134 valence electrons. The van der Waals surface area contributed by atoms with Crippen LogP contribution in [0.3, 0.4) is 0 Å². The van der Waals surface area contributed by atoms with E-state index in [9.17, 15) is 19.5 Å². The van der Waals surface area contributed by atoms with Gasteiger partial charge in [0, 0.05) is 26.2 Å². The molecule has 2 N–H and O–H groups in total. The number of nitrogens with zero attached hydrogens (tertiary/aromatic N) is 2. The lowest BCUT2D eigenvalue weighted by molar-refractivity contribution is -0.146. The van der Waals surface area contributed by atoms with Crippen LogP contribution >= 0.6 is 0 Å². The number of carbonyl (C=O) groups excluding carboxylic acids is 2. The highest BCUT2D eigenvalue weighted by Crippen LogP contribution is 2.30. The first kappa shape index (κ1) is 17.3. The van der Waals surface area contributed by atoms with E-state index in [4.69, 9.17) is 0 Å². The van der Waals surface area contributed by atoms with E-state index >= 15 is 0 Å². The van der Waals surface area contributed by atoms with Crippen molar-refractivity contribution in [2.45, 2.75) is 26.2 Å². The Bertz CT molecular complexity index is 699.